The first-order valence-corrected chi connectivity index (χ1v) is 8.53. The van der Waals surface area contributed by atoms with E-state index in [0.717, 1.165) is 48.6 Å². The van der Waals surface area contributed by atoms with Crippen molar-refractivity contribution in [1.29, 1.82) is 0 Å². The first-order chi connectivity index (χ1) is 12.2. The quantitative estimate of drug-likeness (QED) is 0.718. The Morgan fingerprint density at radius 1 is 1.00 bits per heavy atom. The third-order valence-electron chi connectivity index (χ3n) is 4.56. The van der Waals surface area contributed by atoms with Gasteiger partial charge < -0.3 is 4.90 Å². The molecule has 1 fully saturated rings. The van der Waals surface area contributed by atoms with E-state index in [4.69, 9.17) is 0 Å². The van der Waals surface area contributed by atoms with E-state index in [0.29, 0.717) is 11.4 Å². The first kappa shape index (κ1) is 15.7. The summed E-state index contributed by atoms with van der Waals surface area (Å²) in [5.74, 6) is 0.364. The highest BCUT2D eigenvalue weighted by molar-refractivity contribution is 5.83. The van der Waals surface area contributed by atoms with E-state index in [-0.39, 0.29) is 5.82 Å². The number of rotatable bonds is 3. The number of benzene rings is 1. The smallest absolute Gasteiger partial charge is 0.178 e. The molecule has 1 aromatic carbocycles. The number of aryl methyl sites for hydroxylation is 1. The van der Waals surface area contributed by atoms with Gasteiger partial charge in [-0.2, -0.15) is 0 Å². The van der Waals surface area contributed by atoms with Crippen LogP contribution in [-0.2, 0) is 0 Å². The van der Waals surface area contributed by atoms with Gasteiger partial charge in [0.25, 0.3) is 0 Å². The van der Waals surface area contributed by atoms with Gasteiger partial charge in [-0.05, 0) is 38.0 Å². The molecule has 5 heteroatoms. The first-order valence-electron chi connectivity index (χ1n) is 8.53. The number of aromatic nitrogens is 3. The van der Waals surface area contributed by atoms with Crippen LogP contribution in [-0.4, -0.2) is 28.0 Å². The van der Waals surface area contributed by atoms with Crippen LogP contribution in [0.3, 0.4) is 0 Å². The lowest BCUT2D eigenvalue weighted by Crippen LogP contribution is -2.19. The summed E-state index contributed by atoms with van der Waals surface area (Å²) in [5.41, 5.74) is 3.98. The van der Waals surface area contributed by atoms with E-state index in [1.54, 1.807) is 24.5 Å². The van der Waals surface area contributed by atoms with Crippen molar-refractivity contribution in [2.75, 3.05) is 18.0 Å². The molecule has 0 spiro atoms. The zero-order chi connectivity index (χ0) is 17.2. The van der Waals surface area contributed by atoms with Crippen molar-refractivity contribution in [2.24, 2.45) is 0 Å². The monoisotopic (exact) mass is 334 g/mol. The highest BCUT2D eigenvalue weighted by Crippen LogP contribution is 2.38. The summed E-state index contributed by atoms with van der Waals surface area (Å²) >= 11 is 0. The van der Waals surface area contributed by atoms with Crippen molar-refractivity contribution in [3.63, 3.8) is 0 Å². The Bertz CT molecular complexity index is 889. The third-order valence-corrected chi connectivity index (χ3v) is 4.56. The molecule has 4 rings (SSSR count). The Balaban J connectivity index is 1.93. The molecule has 1 aliphatic heterocycles. The summed E-state index contributed by atoms with van der Waals surface area (Å²) in [5, 5.41) is 0. The number of pyridine rings is 1. The predicted molar refractivity (Wildman–Crippen MR) is 96.8 cm³/mol. The van der Waals surface area contributed by atoms with Crippen LogP contribution in [0.2, 0.25) is 0 Å². The average molecular weight is 334 g/mol. The Kier molecular flexibility index (Phi) is 4.14. The van der Waals surface area contributed by atoms with Gasteiger partial charge in [-0.25, -0.2) is 19.3 Å². The van der Waals surface area contributed by atoms with Crippen LogP contribution in [0, 0.1) is 12.7 Å². The summed E-state index contributed by atoms with van der Waals surface area (Å²) in [6.07, 6.45) is 5.71. The SMILES string of the molecule is Cc1nc(-c2ncccn2)cc(N2CCCC2)c1-c1ccccc1F. The van der Waals surface area contributed by atoms with Gasteiger partial charge in [0.15, 0.2) is 5.82 Å². The zero-order valence-corrected chi connectivity index (χ0v) is 14.1. The van der Waals surface area contributed by atoms with Gasteiger partial charge in [0.2, 0.25) is 0 Å². The lowest BCUT2D eigenvalue weighted by Gasteiger charge is -2.24. The molecule has 3 heterocycles. The Hall–Kier alpha value is -2.82. The van der Waals surface area contributed by atoms with Gasteiger partial charge in [-0.15, -0.1) is 0 Å². The minimum atomic E-state index is -0.225. The molecular formula is C20H19FN4. The van der Waals surface area contributed by atoms with Crippen molar-refractivity contribution in [3.05, 3.63) is 60.3 Å². The standard InChI is InChI=1S/C20H19FN4/c1-14-19(15-7-2-3-8-16(15)21)18(25-11-4-5-12-25)13-17(24-14)20-22-9-6-10-23-20/h2-3,6-10,13H,4-5,11-12H2,1H3. The average Bonchev–Trinajstić information content (AvgIpc) is 3.17. The van der Waals surface area contributed by atoms with Crippen molar-refractivity contribution in [1.82, 2.24) is 15.0 Å². The number of hydrogen-bond acceptors (Lipinski definition) is 4. The maximum absolute atomic E-state index is 14.5. The van der Waals surface area contributed by atoms with Crippen LogP contribution in [0.5, 0.6) is 0 Å². The highest BCUT2D eigenvalue weighted by atomic mass is 19.1. The van der Waals surface area contributed by atoms with Crippen LogP contribution in [0.4, 0.5) is 10.1 Å². The normalized spacial score (nSPS) is 14.1. The van der Waals surface area contributed by atoms with Gasteiger partial charge >= 0.3 is 0 Å². The second-order valence-electron chi connectivity index (χ2n) is 6.23. The largest absolute Gasteiger partial charge is 0.371 e. The van der Waals surface area contributed by atoms with E-state index in [1.165, 1.54) is 6.07 Å². The van der Waals surface area contributed by atoms with E-state index >= 15 is 0 Å². The lowest BCUT2D eigenvalue weighted by molar-refractivity contribution is 0.631. The molecule has 126 valence electrons. The molecule has 0 saturated carbocycles. The molecular weight excluding hydrogens is 315 g/mol. The zero-order valence-electron chi connectivity index (χ0n) is 14.1. The summed E-state index contributed by atoms with van der Waals surface area (Å²) < 4.78 is 14.5. The number of halogens is 1. The summed E-state index contributed by atoms with van der Waals surface area (Å²) in [4.78, 5) is 15.6. The Labute approximate surface area is 146 Å². The van der Waals surface area contributed by atoms with Gasteiger partial charge in [0.1, 0.15) is 11.5 Å². The molecule has 0 amide bonds. The molecule has 0 unspecified atom stereocenters. The van der Waals surface area contributed by atoms with Crippen molar-refractivity contribution >= 4 is 5.69 Å². The van der Waals surface area contributed by atoms with E-state index in [1.807, 2.05) is 25.1 Å². The lowest BCUT2D eigenvalue weighted by atomic mass is 10.00. The summed E-state index contributed by atoms with van der Waals surface area (Å²) in [7, 11) is 0. The van der Waals surface area contributed by atoms with Crippen LogP contribution in [0.25, 0.3) is 22.6 Å². The highest BCUT2D eigenvalue weighted by Gasteiger charge is 2.22. The fourth-order valence-electron chi connectivity index (χ4n) is 3.41. The summed E-state index contributed by atoms with van der Waals surface area (Å²) in [6, 6.07) is 10.7. The van der Waals surface area contributed by atoms with Crippen molar-refractivity contribution in [2.45, 2.75) is 19.8 Å². The van der Waals surface area contributed by atoms with Crippen LogP contribution >= 0.6 is 0 Å². The predicted octanol–water partition coefficient (Wildman–Crippen LogP) is 4.25. The molecule has 0 N–H and O–H groups in total. The fourth-order valence-corrected chi connectivity index (χ4v) is 3.41. The van der Waals surface area contributed by atoms with Crippen molar-refractivity contribution < 1.29 is 4.39 Å². The number of hydrogen-bond donors (Lipinski definition) is 0. The second-order valence-corrected chi connectivity index (χ2v) is 6.23. The topological polar surface area (TPSA) is 41.9 Å². The molecule has 1 saturated heterocycles. The molecule has 0 radical (unpaired) electrons. The minimum absolute atomic E-state index is 0.225. The summed E-state index contributed by atoms with van der Waals surface area (Å²) in [6.45, 7) is 3.87. The molecule has 1 aliphatic rings. The molecule has 25 heavy (non-hydrogen) atoms. The van der Waals surface area contributed by atoms with Gasteiger partial charge in [0, 0.05) is 48.0 Å². The molecule has 0 bridgehead atoms. The molecule has 4 nitrogen and oxygen atoms in total. The maximum atomic E-state index is 14.5. The van der Waals surface area contributed by atoms with Crippen molar-refractivity contribution in [3.8, 4) is 22.6 Å². The third kappa shape index (κ3) is 2.97. The van der Waals surface area contributed by atoms with Gasteiger partial charge in [-0.1, -0.05) is 18.2 Å². The van der Waals surface area contributed by atoms with Crippen LogP contribution in [0.1, 0.15) is 18.5 Å². The molecule has 3 aromatic rings. The van der Waals surface area contributed by atoms with Gasteiger partial charge in [-0.3, -0.25) is 0 Å². The fraction of sp³-hybridized carbons (Fsp3) is 0.250. The molecule has 0 atom stereocenters. The van der Waals surface area contributed by atoms with E-state index in [2.05, 4.69) is 19.9 Å². The maximum Gasteiger partial charge on any atom is 0.178 e. The molecule has 0 aliphatic carbocycles. The van der Waals surface area contributed by atoms with Gasteiger partial charge in [0.05, 0.1) is 0 Å². The molecule has 2 aromatic heterocycles. The second kappa shape index (κ2) is 6.59. The minimum Gasteiger partial charge on any atom is -0.371 e. The van der Waals surface area contributed by atoms with Crippen LogP contribution < -0.4 is 4.90 Å². The Morgan fingerprint density at radius 2 is 1.72 bits per heavy atom. The number of anilines is 1. The van der Waals surface area contributed by atoms with E-state index < -0.39 is 0 Å². The Morgan fingerprint density at radius 3 is 2.44 bits per heavy atom. The van der Waals surface area contributed by atoms with Crippen LogP contribution in [0.15, 0.2) is 48.8 Å². The number of nitrogens with zero attached hydrogens (tertiary/aromatic N) is 4. The van der Waals surface area contributed by atoms with E-state index in [9.17, 15) is 4.39 Å².